The Morgan fingerprint density at radius 3 is 2.62 bits per heavy atom. The van der Waals surface area contributed by atoms with E-state index >= 15 is 0 Å². The van der Waals surface area contributed by atoms with Gasteiger partial charge in [-0.2, -0.15) is 0 Å². The molecular weight excluding hydrogens is 260 g/mol. The lowest BCUT2D eigenvalue weighted by molar-refractivity contribution is 0.139. The van der Waals surface area contributed by atoms with Crippen molar-refractivity contribution in [3.05, 3.63) is 29.6 Å². The third kappa shape index (κ3) is 5.38. The van der Waals surface area contributed by atoms with Crippen LogP contribution in [-0.2, 0) is 13.1 Å². The minimum absolute atomic E-state index is 0.751. The van der Waals surface area contributed by atoms with Gasteiger partial charge in [0.05, 0.1) is 5.69 Å². The molecule has 1 aromatic rings. The molecule has 4 heteroatoms. The maximum absolute atomic E-state index is 4.61. The fraction of sp³-hybridized carbons (Fsp3) is 0.706. The predicted octanol–water partition coefficient (Wildman–Crippen LogP) is 2.11. The van der Waals surface area contributed by atoms with Gasteiger partial charge in [0.25, 0.3) is 0 Å². The van der Waals surface area contributed by atoms with Crippen molar-refractivity contribution in [2.75, 3.05) is 33.7 Å². The number of pyridine rings is 1. The molecule has 0 saturated carbocycles. The molecule has 0 bridgehead atoms. The Labute approximate surface area is 129 Å². The third-order valence-corrected chi connectivity index (χ3v) is 4.31. The van der Waals surface area contributed by atoms with E-state index in [2.05, 4.69) is 53.3 Å². The number of likely N-dealkylation sites (tertiary alicyclic amines) is 1. The molecule has 118 valence electrons. The topological polar surface area (TPSA) is 31.4 Å². The Hall–Kier alpha value is -0.970. The molecule has 0 atom stereocenters. The number of nitrogens with one attached hydrogen (secondary N) is 1. The molecule has 0 aromatic carbocycles. The van der Waals surface area contributed by atoms with E-state index in [0.717, 1.165) is 25.7 Å². The van der Waals surface area contributed by atoms with Crippen LogP contribution in [0.2, 0.25) is 0 Å². The van der Waals surface area contributed by atoms with Gasteiger partial charge >= 0.3 is 0 Å². The van der Waals surface area contributed by atoms with E-state index in [1.54, 1.807) is 0 Å². The van der Waals surface area contributed by atoms with Crippen LogP contribution in [0.5, 0.6) is 0 Å². The van der Waals surface area contributed by atoms with E-state index in [-0.39, 0.29) is 0 Å². The van der Waals surface area contributed by atoms with Crippen LogP contribution in [0.25, 0.3) is 0 Å². The summed E-state index contributed by atoms with van der Waals surface area (Å²) in [6.45, 7) is 7.54. The molecular formula is C17H30N4. The molecule has 1 saturated heterocycles. The van der Waals surface area contributed by atoms with Gasteiger partial charge in [0.15, 0.2) is 0 Å². The number of piperidine rings is 1. The summed E-state index contributed by atoms with van der Waals surface area (Å²) in [5.41, 5.74) is 2.47. The highest BCUT2D eigenvalue weighted by atomic mass is 15.2. The van der Waals surface area contributed by atoms with Crippen molar-refractivity contribution in [2.24, 2.45) is 0 Å². The Bertz CT molecular complexity index is 394. The predicted molar refractivity (Wildman–Crippen MR) is 88.2 cm³/mol. The first-order valence-electron chi connectivity index (χ1n) is 8.22. The highest BCUT2D eigenvalue weighted by molar-refractivity contribution is 5.14. The van der Waals surface area contributed by atoms with Crippen molar-refractivity contribution in [1.82, 2.24) is 20.1 Å². The molecule has 0 unspecified atom stereocenters. The third-order valence-electron chi connectivity index (χ3n) is 4.31. The fourth-order valence-electron chi connectivity index (χ4n) is 2.89. The highest BCUT2D eigenvalue weighted by Crippen LogP contribution is 2.16. The fourth-order valence-corrected chi connectivity index (χ4v) is 2.89. The van der Waals surface area contributed by atoms with E-state index in [1.165, 1.54) is 43.6 Å². The molecule has 0 spiro atoms. The molecule has 0 aliphatic carbocycles. The van der Waals surface area contributed by atoms with Gasteiger partial charge in [-0.3, -0.25) is 9.88 Å². The van der Waals surface area contributed by atoms with Crippen LogP contribution in [0.1, 0.15) is 37.4 Å². The molecule has 1 fully saturated rings. The van der Waals surface area contributed by atoms with Crippen LogP contribution in [0, 0.1) is 0 Å². The summed E-state index contributed by atoms with van der Waals surface area (Å²) in [6.07, 6.45) is 5.73. The lowest BCUT2D eigenvalue weighted by Gasteiger charge is -2.34. The highest BCUT2D eigenvalue weighted by Gasteiger charge is 2.20. The maximum Gasteiger partial charge on any atom is 0.0544 e. The second-order valence-corrected chi connectivity index (χ2v) is 6.31. The summed E-state index contributed by atoms with van der Waals surface area (Å²) in [6, 6.07) is 5.14. The number of rotatable bonds is 7. The molecule has 1 N–H and O–H groups in total. The van der Waals surface area contributed by atoms with Gasteiger partial charge < -0.3 is 10.2 Å². The summed E-state index contributed by atoms with van der Waals surface area (Å²) < 4.78 is 0. The van der Waals surface area contributed by atoms with Crippen LogP contribution in [0.15, 0.2) is 18.3 Å². The van der Waals surface area contributed by atoms with E-state index in [4.69, 9.17) is 0 Å². The number of hydrogen-bond acceptors (Lipinski definition) is 4. The van der Waals surface area contributed by atoms with Crippen molar-refractivity contribution in [2.45, 2.75) is 45.3 Å². The number of aromatic nitrogens is 1. The number of hydrogen-bond donors (Lipinski definition) is 1. The first kappa shape index (κ1) is 16.4. The van der Waals surface area contributed by atoms with Gasteiger partial charge in [-0.1, -0.05) is 13.0 Å². The first-order chi connectivity index (χ1) is 10.2. The molecule has 0 amide bonds. The zero-order chi connectivity index (χ0) is 15.1. The zero-order valence-electron chi connectivity index (χ0n) is 13.8. The average molecular weight is 290 g/mol. The van der Waals surface area contributed by atoms with E-state index in [1.807, 2.05) is 6.20 Å². The van der Waals surface area contributed by atoms with Crippen molar-refractivity contribution < 1.29 is 0 Å². The molecule has 1 aromatic heterocycles. The molecule has 2 rings (SSSR count). The smallest absolute Gasteiger partial charge is 0.0544 e. The van der Waals surface area contributed by atoms with Gasteiger partial charge in [-0.25, -0.2) is 0 Å². The molecule has 21 heavy (non-hydrogen) atoms. The van der Waals surface area contributed by atoms with Crippen molar-refractivity contribution in [3.63, 3.8) is 0 Å². The average Bonchev–Trinajstić information content (AvgIpc) is 2.50. The molecule has 2 heterocycles. The molecule has 4 nitrogen and oxygen atoms in total. The van der Waals surface area contributed by atoms with Crippen molar-refractivity contribution in [1.29, 1.82) is 0 Å². The second kappa shape index (κ2) is 8.47. The van der Waals surface area contributed by atoms with E-state index < -0.39 is 0 Å². The minimum Gasteiger partial charge on any atom is -0.313 e. The van der Waals surface area contributed by atoms with Crippen LogP contribution < -0.4 is 5.32 Å². The van der Waals surface area contributed by atoms with Crippen molar-refractivity contribution in [3.8, 4) is 0 Å². The maximum atomic E-state index is 4.61. The first-order valence-corrected chi connectivity index (χ1v) is 8.22. The summed E-state index contributed by atoms with van der Waals surface area (Å²) in [5.74, 6) is 0. The van der Waals surface area contributed by atoms with Gasteiger partial charge in [0.2, 0.25) is 0 Å². The lowest BCUT2D eigenvalue weighted by atomic mass is 10.0. The largest absolute Gasteiger partial charge is 0.313 e. The van der Waals surface area contributed by atoms with Crippen molar-refractivity contribution >= 4 is 0 Å². The Morgan fingerprint density at radius 2 is 2.05 bits per heavy atom. The summed E-state index contributed by atoms with van der Waals surface area (Å²) in [4.78, 5) is 9.49. The molecule has 0 radical (unpaired) electrons. The Balaban J connectivity index is 1.76. The second-order valence-electron chi connectivity index (χ2n) is 6.31. The number of nitrogens with zero attached hydrogens (tertiary/aromatic N) is 3. The minimum atomic E-state index is 0.751. The van der Waals surface area contributed by atoms with Crippen LogP contribution in [-0.4, -0.2) is 54.6 Å². The van der Waals surface area contributed by atoms with E-state index in [0.29, 0.717) is 0 Å². The summed E-state index contributed by atoms with van der Waals surface area (Å²) in [5, 5.41) is 3.41. The molecule has 1 aliphatic heterocycles. The van der Waals surface area contributed by atoms with Crippen LogP contribution in [0.4, 0.5) is 0 Å². The van der Waals surface area contributed by atoms with Gasteiger partial charge in [0.1, 0.15) is 0 Å². The summed E-state index contributed by atoms with van der Waals surface area (Å²) >= 11 is 0. The Kier molecular flexibility index (Phi) is 6.61. The van der Waals surface area contributed by atoms with E-state index in [9.17, 15) is 0 Å². The van der Waals surface area contributed by atoms with Gasteiger partial charge in [-0.05, 0) is 51.5 Å². The monoisotopic (exact) mass is 290 g/mol. The van der Waals surface area contributed by atoms with Gasteiger partial charge in [-0.15, -0.1) is 0 Å². The SMILES string of the molecule is CCCNCc1ccc(CN2CCC(N(C)C)CC2)nc1. The van der Waals surface area contributed by atoms with Crippen LogP contribution in [0.3, 0.4) is 0 Å². The van der Waals surface area contributed by atoms with Gasteiger partial charge in [0, 0.05) is 38.4 Å². The summed E-state index contributed by atoms with van der Waals surface area (Å²) in [7, 11) is 4.38. The quantitative estimate of drug-likeness (QED) is 0.779. The molecule has 1 aliphatic rings. The zero-order valence-corrected chi connectivity index (χ0v) is 13.8. The normalized spacial score (nSPS) is 17.5. The Morgan fingerprint density at radius 1 is 1.29 bits per heavy atom. The van der Waals surface area contributed by atoms with Crippen LogP contribution >= 0.6 is 0 Å². The lowest BCUT2D eigenvalue weighted by Crippen LogP contribution is -2.41. The standard InChI is InChI=1S/C17H30N4/c1-4-9-18-12-15-5-6-16(19-13-15)14-21-10-7-17(8-11-21)20(2)3/h5-6,13,17-18H,4,7-12,14H2,1-3H3.